The summed E-state index contributed by atoms with van der Waals surface area (Å²) in [5.41, 5.74) is 5.28. The highest BCUT2D eigenvalue weighted by molar-refractivity contribution is 5.72. The van der Waals surface area contributed by atoms with Crippen molar-refractivity contribution in [2.75, 3.05) is 6.54 Å². The van der Waals surface area contributed by atoms with Gasteiger partial charge in [0, 0.05) is 6.54 Å². The molecule has 0 aromatic carbocycles. The lowest BCUT2D eigenvalue weighted by molar-refractivity contribution is -0.149. The summed E-state index contributed by atoms with van der Waals surface area (Å²) in [6.07, 6.45) is 0.708. The van der Waals surface area contributed by atoms with Crippen LogP contribution in [-0.2, 0) is 9.53 Å². The van der Waals surface area contributed by atoms with Crippen LogP contribution in [-0.4, -0.2) is 29.8 Å². The summed E-state index contributed by atoms with van der Waals surface area (Å²) >= 11 is 0. The van der Waals surface area contributed by atoms with Gasteiger partial charge in [-0.2, -0.15) is 0 Å². The van der Waals surface area contributed by atoms with E-state index in [4.69, 9.17) is 15.6 Å². The van der Waals surface area contributed by atoms with E-state index in [1.54, 1.807) is 0 Å². The molecule has 0 radical (unpaired) electrons. The molecule has 4 nitrogen and oxygen atoms in total. The van der Waals surface area contributed by atoms with Crippen LogP contribution in [0, 0.1) is 0 Å². The van der Waals surface area contributed by atoms with Crippen molar-refractivity contribution in [1.29, 1.82) is 0 Å². The molecule has 1 fully saturated rings. The first-order valence-electron chi connectivity index (χ1n) is 3.32. The van der Waals surface area contributed by atoms with Crippen LogP contribution in [0.25, 0.3) is 0 Å². The van der Waals surface area contributed by atoms with E-state index in [0.717, 1.165) is 6.42 Å². The molecule has 58 valence electrons. The second kappa shape index (κ2) is 2.98. The van der Waals surface area contributed by atoms with Gasteiger partial charge in [0.25, 0.3) is 0 Å². The Labute approximate surface area is 59.0 Å². The zero-order chi connectivity index (χ0) is 7.56. The van der Waals surface area contributed by atoms with Gasteiger partial charge in [0.1, 0.15) is 0 Å². The third-order valence-electron chi connectivity index (χ3n) is 1.65. The number of carboxylic acid groups (broad SMARTS) is 1. The summed E-state index contributed by atoms with van der Waals surface area (Å²) in [4.78, 5) is 10.3. The standard InChI is InChI=1S/C6H11NO3/c7-3-4-1-2-5(10-4)6(8)9/h4-5H,1-3,7H2,(H,8,9)/t4-,5+/m1/s1. The first kappa shape index (κ1) is 7.50. The molecule has 0 aromatic heterocycles. The van der Waals surface area contributed by atoms with Crippen molar-refractivity contribution in [3.8, 4) is 0 Å². The van der Waals surface area contributed by atoms with E-state index in [1.807, 2.05) is 0 Å². The van der Waals surface area contributed by atoms with Crippen LogP contribution < -0.4 is 5.73 Å². The topological polar surface area (TPSA) is 72.6 Å². The van der Waals surface area contributed by atoms with E-state index >= 15 is 0 Å². The van der Waals surface area contributed by atoms with Gasteiger partial charge in [-0.1, -0.05) is 0 Å². The van der Waals surface area contributed by atoms with Crippen molar-refractivity contribution in [3.05, 3.63) is 0 Å². The van der Waals surface area contributed by atoms with Gasteiger partial charge >= 0.3 is 5.97 Å². The molecule has 1 aliphatic rings. The molecule has 2 atom stereocenters. The second-order valence-corrected chi connectivity index (χ2v) is 2.40. The zero-order valence-electron chi connectivity index (χ0n) is 5.62. The summed E-state index contributed by atoms with van der Waals surface area (Å²) in [5, 5.41) is 8.46. The lowest BCUT2D eigenvalue weighted by atomic mass is 10.2. The average molecular weight is 145 g/mol. The third-order valence-corrected chi connectivity index (χ3v) is 1.65. The van der Waals surface area contributed by atoms with Crippen LogP contribution in [0.4, 0.5) is 0 Å². The van der Waals surface area contributed by atoms with E-state index in [1.165, 1.54) is 0 Å². The minimum atomic E-state index is -0.879. The molecule has 0 spiro atoms. The molecule has 0 amide bonds. The van der Waals surface area contributed by atoms with Crippen LogP contribution >= 0.6 is 0 Å². The molecule has 1 aliphatic heterocycles. The van der Waals surface area contributed by atoms with Crippen LogP contribution in [0.2, 0.25) is 0 Å². The van der Waals surface area contributed by atoms with Crippen molar-refractivity contribution in [2.24, 2.45) is 5.73 Å². The maximum atomic E-state index is 10.3. The van der Waals surface area contributed by atoms with Crippen molar-refractivity contribution < 1.29 is 14.6 Å². The maximum Gasteiger partial charge on any atom is 0.332 e. The Morgan fingerprint density at radius 3 is 2.70 bits per heavy atom. The Morgan fingerprint density at radius 1 is 1.70 bits per heavy atom. The lowest BCUT2D eigenvalue weighted by Crippen LogP contribution is -2.24. The molecule has 0 saturated carbocycles. The van der Waals surface area contributed by atoms with Crippen LogP contribution in [0.1, 0.15) is 12.8 Å². The monoisotopic (exact) mass is 145 g/mol. The van der Waals surface area contributed by atoms with Crippen molar-refractivity contribution in [1.82, 2.24) is 0 Å². The van der Waals surface area contributed by atoms with Gasteiger partial charge in [-0.3, -0.25) is 0 Å². The number of rotatable bonds is 2. The van der Waals surface area contributed by atoms with Crippen LogP contribution in [0.3, 0.4) is 0 Å². The van der Waals surface area contributed by atoms with E-state index in [0.29, 0.717) is 13.0 Å². The quantitative estimate of drug-likeness (QED) is 0.553. The zero-order valence-corrected chi connectivity index (χ0v) is 5.62. The van der Waals surface area contributed by atoms with Crippen molar-refractivity contribution in [3.63, 3.8) is 0 Å². The first-order chi connectivity index (χ1) is 4.74. The van der Waals surface area contributed by atoms with Gasteiger partial charge in [0.15, 0.2) is 6.10 Å². The van der Waals surface area contributed by atoms with Gasteiger partial charge in [0.2, 0.25) is 0 Å². The smallest absolute Gasteiger partial charge is 0.332 e. The highest BCUT2D eigenvalue weighted by atomic mass is 16.5. The van der Waals surface area contributed by atoms with Gasteiger partial charge in [0.05, 0.1) is 6.10 Å². The Kier molecular flexibility index (Phi) is 2.24. The van der Waals surface area contributed by atoms with Gasteiger partial charge in [-0.25, -0.2) is 4.79 Å². The first-order valence-corrected chi connectivity index (χ1v) is 3.32. The molecule has 10 heavy (non-hydrogen) atoms. The molecule has 1 heterocycles. The number of hydrogen-bond acceptors (Lipinski definition) is 3. The summed E-state index contributed by atoms with van der Waals surface area (Å²) in [6, 6.07) is 0. The fourth-order valence-corrected chi connectivity index (χ4v) is 1.06. The highest BCUT2D eigenvalue weighted by Crippen LogP contribution is 2.18. The predicted octanol–water partition coefficient (Wildman–Crippen LogP) is -0.423. The summed E-state index contributed by atoms with van der Waals surface area (Å²) in [7, 11) is 0. The SMILES string of the molecule is NC[C@H]1CC[C@@H](C(=O)O)O1. The Balaban J connectivity index is 2.35. The van der Waals surface area contributed by atoms with Crippen LogP contribution in [0.15, 0.2) is 0 Å². The van der Waals surface area contributed by atoms with Crippen molar-refractivity contribution in [2.45, 2.75) is 25.0 Å². The molecular formula is C6H11NO3. The molecule has 1 rings (SSSR count). The van der Waals surface area contributed by atoms with E-state index in [9.17, 15) is 4.79 Å². The van der Waals surface area contributed by atoms with E-state index in [2.05, 4.69) is 0 Å². The molecule has 0 aromatic rings. The normalized spacial score (nSPS) is 32.5. The Bertz CT molecular complexity index is 137. The Morgan fingerprint density at radius 2 is 2.40 bits per heavy atom. The van der Waals surface area contributed by atoms with Crippen molar-refractivity contribution >= 4 is 5.97 Å². The third kappa shape index (κ3) is 1.46. The molecule has 3 N–H and O–H groups in total. The van der Waals surface area contributed by atoms with E-state index < -0.39 is 12.1 Å². The molecular weight excluding hydrogens is 134 g/mol. The van der Waals surface area contributed by atoms with Gasteiger partial charge in [-0.15, -0.1) is 0 Å². The van der Waals surface area contributed by atoms with E-state index in [-0.39, 0.29) is 6.10 Å². The molecule has 1 saturated heterocycles. The average Bonchev–Trinajstić information content (AvgIpc) is 2.34. The number of nitrogens with two attached hydrogens (primary N) is 1. The summed E-state index contributed by atoms with van der Waals surface area (Å²) in [5.74, 6) is -0.879. The number of carboxylic acids is 1. The fraction of sp³-hybridized carbons (Fsp3) is 0.833. The maximum absolute atomic E-state index is 10.3. The summed E-state index contributed by atoms with van der Waals surface area (Å²) < 4.78 is 5.05. The Hall–Kier alpha value is -0.610. The van der Waals surface area contributed by atoms with Gasteiger partial charge < -0.3 is 15.6 Å². The largest absolute Gasteiger partial charge is 0.479 e. The van der Waals surface area contributed by atoms with Crippen LogP contribution in [0.5, 0.6) is 0 Å². The minimum absolute atomic E-state index is 0.0406. The number of hydrogen-bond donors (Lipinski definition) is 2. The lowest BCUT2D eigenvalue weighted by Gasteiger charge is -2.06. The molecule has 0 aliphatic carbocycles. The predicted molar refractivity (Wildman–Crippen MR) is 34.6 cm³/mol. The number of carbonyl (C=O) groups is 1. The number of ether oxygens (including phenoxy) is 1. The molecule has 4 heteroatoms. The molecule has 0 unspecified atom stereocenters. The fourth-order valence-electron chi connectivity index (χ4n) is 1.06. The number of aliphatic carboxylic acids is 1. The molecule has 0 bridgehead atoms. The minimum Gasteiger partial charge on any atom is -0.479 e. The highest BCUT2D eigenvalue weighted by Gasteiger charge is 2.29. The van der Waals surface area contributed by atoms with Gasteiger partial charge in [-0.05, 0) is 12.8 Å². The summed E-state index contributed by atoms with van der Waals surface area (Å²) in [6.45, 7) is 0.420. The second-order valence-electron chi connectivity index (χ2n) is 2.40.